The van der Waals surface area contributed by atoms with E-state index in [2.05, 4.69) is 12.1 Å². The number of carbonyl (C=O) groups is 2. The smallest absolute Gasteiger partial charge is 0.261 e. The molecule has 1 unspecified atom stereocenters. The van der Waals surface area contributed by atoms with Crippen molar-refractivity contribution >= 4 is 11.8 Å². The Morgan fingerprint density at radius 3 is 2.37 bits per heavy atom. The number of nitrogens with zero attached hydrogens (tertiary/aromatic N) is 2. The second kappa shape index (κ2) is 9.79. The van der Waals surface area contributed by atoms with E-state index in [4.69, 9.17) is 4.74 Å². The van der Waals surface area contributed by atoms with Crippen LogP contribution in [0.4, 0.5) is 0 Å². The van der Waals surface area contributed by atoms with Crippen LogP contribution in [0.5, 0.6) is 5.75 Å². The highest BCUT2D eigenvalue weighted by molar-refractivity contribution is 5.88. The maximum Gasteiger partial charge on any atom is 0.261 e. The summed E-state index contributed by atoms with van der Waals surface area (Å²) in [4.78, 5) is 29.6. The normalized spacial score (nSPS) is 19.0. The molecule has 2 aromatic rings. The minimum atomic E-state index is -0.326. The zero-order valence-corrected chi connectivity index (χ0v) is 17.5. The first-order valence-electron chi connectivity index (χ1n) is 11.1. The van der Waals surface area contributed by atoms with Gasteiger partial charge in [-0.1, -0.05) is 48.5 Å². The van der Waals surface area contributed by atoms with Crippen molar-refractivity contribution in [1.82, 2.24) is 9.80 Å². The predicted molar refractivity (Wildman–Crippen MR) is 116 cm³/mol. The molecule has 30 heavy (non-hydrogen) atoms. The summed E-state index contributed by atoms with van der Waals surface area (Å²) in [7, 11) is 0. The van der Waals surface area contributed by atoms with Gasteiger partial charge in [0, 0.05) is 26.1 Å². The van der Waals surface area contributed by atoms with E-state index in [1.165, 1.54) is 5.56 Å². The Bertz CT molecular complexity index is 862. The Labute approximate surface area is 178 Å². The molecule has 5 nitrogen and oxygen atoms in total. The number of hydrogen-bond donors (Lipinski definition) is 0. The molecule has 2 amide bonds. The van der Waals surface area contributed by atoms with Gasteiger partial charge in [0.15, 0.2) is 6.61 Å². The third kappa shape index (κ3) is 4.84. The Hall–Kier alpha value is -2.82. The standard InChI is InChI=1S/C25H30N2O3/c28-24(27-17-7-6-13-22(27)25(29)26-15-8-9-16-26)19-30-23-14-5-4-12-21(23)18-20-10-2-1-3-11-20/h1-5,10-12,14,22H,6-9,13,15-19H2. The van der Waals surface area contributed by atoms with Crippen molar-refractivity contribution in [3.63, 3.8) is 0 Å². The fourth-order valence-electron chi connectivity index (χ4n) is 4.46. The molecule has 2 saturated heterocycles. The van der Waals surface area contributed by atoms with Gasteiger partial charge >= 0.3 is 0 Å². The van der Waals surface area contributed by atoms with E-state index in [0.717, 1.165) is 62.9 Å². The third-order valence-corrected chi connectivity index (χ3v) is 6.09. The van der Waals surface area contributed by atoms with Gasteiger partial charge in [0.2, 0.25) is 5.91 Å². The van der Waals surface area contributed by atoms with Crippen LogP contribution in [0, 0.1) is 0 Å². The van der Waals surface area contributed by atoms with Crippen molar-refractivity contribution in [3.05, 3.63) is 65.7 Å². The van der Waals surface area contributed by atoms with Gasteiger partial charge < -0.3 is 14.5 Å². The summed E-state index contributed by atoms with van der Waals surface area (Å²) in [6.07, 6.45) is 5.58. The second-order valence-electron chi connectivity index (χ2n) is 8.19. The third-order valence-electron chi connectivity index (χ3n) is 6.09. The maximum atomic E-state index is 13.0. The number of benzene rings is 2. The Morgan fingerprint density at radius 2 is 1.57 bits per heavy atom. The van der Waals surface area contributed by atoms with Crippen molar-refractivity contribution in [3.8, 4) is 5.75 Å². The number of hydrogen-bond acceptors (Lipinski definition) is 3. The van der Waals surface area contributed by atoms with E-state index in [1.807, 2.05) is 47.4 Å². The summed E-state index contributed by atoms with van der Waals surface area (Å²) in [6, 6.07) is 17.8. The van der Waals surface area contributed by atoms with Crippen LogP contribution in [-0.2, 0) is 16.0 Å². The van der Waals surface area contributed by atoms with Gasteiger partial charge in [0.25, 0.3) is 5.91 Å². The number of likely N-dealkylation sites (tertiary alicyclic amines) is 2. The molecule has 2 aliphatic rings. The largest absolute Gasteiger partial charge is 0.483 e. The first-order chi connectivity index (χ1) is 14.7. The molecule has 0 saturated carbocycles. The SMILES string of the molecule is O=C(C1CCCCN1C(=O)COc1ccccc1Cc1ccccc1)N1CCCC1. The van der Waals surface area contributed by atoms with E-state index in [1.54, 1.807) is 4.90 Å². The summed E-state index contributed by atoms with van der Waals surface area (Å²) in [5, 5.41) is 0. The molecule has 0 N–H and O–H groups in total. The summed E-state index contributed by atoms with van der Waals surface area (Å²) >= 11 is 0. The molecule has 0 radical (unpaired) electrons. The van der Waals surface area contributed by atoms with Crippen molar-refractivity contribution in [1.29, 1.82) is 0 Å². The monoisotopic (exact) mass is 406 g/mol. The fraction of sp³-hybridized carbons (Fsp3) is 0.440. The van der Waals surface area contributed by atoms with Gasteiger partial charge in [0.1, 0.15) is 11.8 Å². The van der Waals surface area contributed by atoms with Crippen LogP contribution >= 0.6 is 0 Å². The number of rotatable bonds is 6. The van der Waals surface area contributed by atoms with E-state index in [0.29, 0.717) is 6.54 Å². The van der Waals surface area contributed by atoms with E-state index in [-0.39, 0.29) is 24.5 Å². The molecule has 0 bridgehead atoms. The lowest BCUT2D eigenvalue weighted by Crippen LogP contribution is -2.53. The minimum absolute atomic E-state index is 0.0322. The summed E-state index contributed by atoms with van der Waals surface area (Å²) in [5.74, 6) is 0.751. The van der Waals surface area contributed by atoms with Crippen LogP contribution in [0.25, 0.3) is 0 Å². The molecule has 5 heteroatoms. The van der Waals surface area contributed by atoms with Crippen LogP contribution in [0.15, 0.2) is 54.6 Å². The van der Waals surface area contributed by atoms with E-state index < -0.39 is 0 Å². The van der Waals surface area contributed by atoms with Gasteiger partial charge in [-0.25, -0.2) is 0 Å². The number of amides is 2. The van der Waals surface area contributed by atoms with Crippen molar-refractivity contribution in [2.24, 2.45) is 0 Å². The highest BCUT2D eigenvalue weighted by Gasteiger charge is 2.35. The highest BCUT2D eigenvalue weighted by Crippen LogP contribution is 2.24. The Balaban J connectivity index is 1.40. The summed E-state index contributed by atoms with van der Waals surface area (Å²) in [5.41, 5.74) is 2.26. The summed E-state index contributed by atoms with van der Waals surface area (Å²) in [6.45, 7) is 2.25. The van der Waals surface area contributed by atoms with Gasteiger partial charge in [-0.3, -0.25) is 9.59 Å². The van der Waals surface area contributed by atoms with Gasteiger partial charge in [-0.15, -0.1) is 0 Å². The van der Waals surface area contributed by atoms with Crippen LogP contribution in [0.3, 0.4) is 0 Å². The summed E-state index contributed by atoms with van der Waals surface area (Å²) < 4.78 is 5.96. The van der Waals surface area contributed by atoms with Crippen LogP contribution < -0.4 is 4.74 Å². The van der Waals surface area contributed by atoms with Crippen LogP contribution in [0.1, 0.15) is 43.2 Å². The van der Waals surface area contributed by atoms with Crippen molar-refractivity contribution in [2.45, 2.75) is 44.6 Å². The maximum absolute atomic E-state index is 13.0. The second-order valence-corrected chi connectivity index (χ2v) is 8.19. The molecule has 2 fully saturated rings. The molecular formula is C25H30N2O3. The molecule has 0 spiro atoms. The number of piperidine rings is 1. The molecule has 158 valence electrons. The lowest BCUT2D eigenvalue weighted by molar-refractivity contribution is -0.148. The van der Waals surface area contributed by atoms with Crippen LogP contribution in [0.2, 0.25) is 0 Å². The molecule has 2 heterocycles. The van der Waals surface area contributed by atoms with Gasteiger partial charge in [-0.2, -0.15) is 0 Å². The molecule has 1 atom stereocenters. The zero-order chi connectivity index (χ0) is 20.8. The lowest BCUT2D eigenvalue weighted by atomic mass is 10.0. The molecule has 0 aliphatic carbocycles. The predicted octanol–water partition coefficient (Wildman–Crippen LogP) is 3.66. The van der Waals surface area contributed by atoms with E-state index >= 15 is 0 Å². The molecule has 2 aromatic carbocycles. The molecule has 2 aliphatic heterocycles. The zero-order valence-electron chi connectivity index (χ0n) is 17.5. The average molecular weight is 407 g/mol. The Morgan fingerprint density at radius 1 is 0.867 bits per heavy atom. The van der Waals surface area contributed by atoms with Crippen molar-refractivity contribution in [2.75, 3.05) is 26.2 Å². The number of ether oxygens (including phenoxy) is 1. The highest BCUT2D eigenvalue weighted by atomic mass is 16.5. The minimum Gasteiger partial charge on any atom is -0.483 e. The van der Waals surface area contributed by atoms with Crippen molar-refractivity contribution < 1.29 is 14.3 Å². The van der Waals surface area contributed by atoms with E-state index in [9.17, 15) is 9.59 Å². The van der Waals surface area contributed by atoms with Gasteiger partial charge in [0.05, 0.1) is 0 Å². The molecule has 0 aromatic heterocycles. The topological polar surface area (TPSA) is 49.9 Å². The number of carbonyl (C=O) groups excluding carboxylic acids is 2. The first kappa shape index (κ1) is 20.5. The quantitative estimate of drug-likeness (QED) is 0.736. The number of para-hydroxylation sites is 1. The molecular weight excluding hydrogens is 376 g/mol. The van der Waals surface area contributed by atoms with Crippen LogP contribution in [-0.4, -0.2) is 53.9 Å². The average Bonchev–Trinajstić information content (AvgIpc) is 3.33. The van der Waals surface area contributed by atoms with Gasteiger partial charge in [-0.05, 0) is 49.3 Å². The molecule has 4 rings (SSSR count). The first-order valence-corrected chi connectivity index (χ1v) is 11.1. The lowest BCUT2D eigenvalue weighted by Gasteiger charge is -2.36. The fourth-order valence-corrected chi connectivity index (χ4v) is 4.46. The Kier molecular flexibility index (Phi) is 6.67.